The molecule has 2 N–H and O–H groups in total. The van der Waals surface area contributed by atoms with Gasteiger partial charge in [-0.25, -0.2) is 4.68 Å². The second-order valence-electron chi connectivity index (χ2n) is 8.73. The Bertz CT molecular complexity index is 1420. The highest BCUT2D eigenvalue weighted by Crippen LogP contribution is 2.34. The van der Waals surface area contributed by atoms with Crippen LogP contribution in [-0.4, -0.2) is 44.4 Å². The molecule has 1 aromatic heterocycles. The maximum absolute atomic E-state index is 13.9. The molecule has 1 fully saturated rings. The third-order valence-corrected chi connectivity index (χ3v) is 6.32. The second-order valence-corrected chi connectivity index (χ2v) is 8.73. The van der Waals surface area contributed by atoms with Crippen LogP contribution in [0.1, 0.15) is 50.4 Å². The summed E-state index contributed by atoms with van der Waals surface area (Å²) < 4.78 is 42.2. The number of amides is 4. The van der Waals surface area contributed by atoms with Crippen molar-refractivity contribution in [3.05, 3.63) is 82.7 Å². The fraction of sp³-hybridized carbons (Fsp3) is 0.240. The molecule has 0 saturated carbocycles. The summed E-state index contributed by atoms with van der Waals surface area (Å²) in [7, 11) is 0. The van der Waals surface area contributed by atoms with Gasteiger partial charge in [-0.15, -0.1) is 0 Å². The van der Waals surface area contributed by atoms with Crippen LogP contribution in [0, 0.1) is 0 Å². The Morgan fingerprint density at radius 3 is 2.57 bits per heavy atom. The van der Waals surface area contributed by atoms with E-state index < -0.39 is 35.3 Å². The highest BCUT2D eigenvalue weighted by Gasteiger charge is 2.41. The normalized spacial score (nSPS) is 17.5. The van der Waals surface area contributed by atoms with Crippen LogP contribution in [0.2, 0.25) is 0 Å². The first-order valence-corrected chi connectivity index (χ1v) is 11.4. The molecular formula is C25H20F3N5O4. The average molecular weight is 511 g/mol. The molecule has 1 unspecified atom stereocenters. The van der Waals surface area contributed by atoms with Gasteiger partial charge in [0.05, 0.1) is 17.4 Å². The lowest BCUT2D eigenvalue weighted by Gasteiger charge is -2.29. The Labute approximate surface area is 208 Å². The smallest absolute Gasteiger partial charge is 0.348 e. The highest BCUT2D eigenvalue weighted by atomic mass is 19.4. The SMILES string of the molecule is O=C1CCC(N2Cc3cc(CNC(=O)c4cnn(-c5ccccc5)c4C(F)(F)F)ccc3C2=O)C(=O)N1. The molecule has 5 rings (SSSR count). The van der Waals surface area contributed by atoms with Gasteiger partial charge in [0.2, 0.25) is 11.8 Å². The lowest BCUT2D eigenvalue weighted by Crippen LogP contribution is -2.52. The van der Waals surface area contributed by atoms with E-state index in [4.69, 9.17) is 0 Å². The zero-order valence-corrected chi connectivity index (χ0v) is 19.2. The fourth-order valence-electron chi connectivity index (χ4n) is 4.57. The van der Waals surface area contributed by atoms with Gasteiger partial charge in [-0.3, -0.25) is 24.5 Å². The number of rotatable bonds is 5. The van der Waals surface area contributed by atoms with Crippen LogP contribution in [0.4, 0.5) is 13.2 Å². The predicted octanol–water partition coefficient (Wildman–Crippen LogP) is 2.58. The first kappa shape index (κ1) is 24.2. The number of carbonyl (C=O) groups is 4. The van der Waals surface area contributed by atoms with E-state index in [2.05, 4.69) is 15.7 Å². The number of carbonyl (C=O) groups excluding carboxylic acids is 4. The number of hydrogen-bond acceptors (Lipinski definition) is 5. The number of aromatic nitrogens is 2. The van der Waals surface area contributed by atoms with Gasteiger partial charge in [0.1, 0.15) is 6.04 Å². The van der Waals surface area contributed by atoms with Crippen LogP contribution in [0.25, 0.3) is 5.69 Å². The van der Waals surface area contributed by atoms with Crippen molar-refractivity contribution in [1.29, 1.82) is 0 Å². The summed E-state index contributed by atoms with van der Waals surface area (Å²) in [6, 6.07) is 11.7. The average Bonchev–Trinajstić information content (AvgIpc) is 3.45. The molecule has 3 heterocycles. The van der Waals surface area contributed by atoms with Crippen LogP contribution in [-0.2, 0) is 28.9 Å². The number of hydrogen-bond donors (Lipinski definition) is 2. The van der Waals surface area contributed by atoms with Crippen LogP contribution in [0.5, 0.6) is 0 Å². The van der Waals surface area contributed by atoms with Gasteiger partial charge in [-0.05, 0) is 35.7 Å². The van der Waals surface area contributed by atoms with Crippen molar-refractivity contribution < 1.29 is 32.3 Å². The maximum atomic E-state index is 13.9. The molecule has 0 spiro atoms. The summed E-state index contributed by atoms with van der Waals surface area (Å²) in [5.74, 6) is -2.20. The highest BCUT2D eigenvalue weighted by molar-refractivity contribution is 6.05. The van der Waals surface area contributed by atoms with Crippen LogP contribution < -0.4 is 10.6 Å². The number of para-hydroxylation sites is 1. The monoisotopic (exact) mass is 511 g/mol. The molecule has 2 aliphatic heterocycles. The van der Waals surface area contributed by atoms with E-state index >= 15 is 0 Å². The van der Waals surface area contributed by atoms with E-state index in [0.717, 1.165) is 6.20 Å². The molecular weight excluding hydrogens is 491 g/mol. The minimum atomic E-state index is -4.83. The number of alkyl halides is 3. The summed E-state index contributed by atoms with van der Waals surface area (Å²) in [6.07, 6.45) is -3.59. The minimum Gasteiger partial charge on any atom is -0.348 e. The Balaban J connectivity index is 1.31. The molecule has 3 aromatic rings. The van der Waals surface area contributed by atoms with Crippen molar-refractivity contribution in [3.8, 4) is 5.69 Å². The van der Waals surface area contributed by atoms with Crippen LogP contribution >= 0.6 is 0 Å². The lowest BCUT2D eigenvalue weighted by atomic mass is 10.0. The number of imide groups is 1. The molecule has 1 saturated heterocycles. The van der Waals surface area contributed by atoms with Crippen molar-refractivity contribution in [3.63, 3.8) is 0 Å². The first-order chi connectivity index (χ1) is 17.6. The molecule has 2 aliphatic rings. The van der Waals surface area contributed by atoms with Crippen molar-refractivity contribution >= 4 is 23.6 Å². The zero-order chi connectivity index (χ0) is 26.3. The van der Waals surface area contributed by atoms with Crippen molar-refractivity contribution in [1.82, 2.24) is 25.3 Å². The minimum absolute atomic E-state index is 0.0907. The standard InChI is InChI=1S/C25H20F3N5O4/c26-25(27,28)21-18(12-30-33(21)16-4-2-1-3-5-16)22(35)29-11-14-6-7-17-15(10-14)13-32(24(17)37)19-8-9-20(34)31-23(19)36/h1-7,10,12,19H,8-9,11,13H2,(H,29,35)(H,31,34,36). The summed E-state index contributed by atoms with van der Waals surface area (Å²) in [5.41, 5.74) is -0.0586. The number of benzene rings is 2. The van der Waals surface area contributed by atoms with E-state index in [1.54, 1.807) is 36.4 Å². The van der Waals surface area contributed by atoms with E-state index in [-0.39, 0.29) is 43.4 Å². The second kappa shape index (κ2) is 9.19. The lowest BCUT2D eigenvalue weighted by molar-refractivity contribution is -0.143. The summed E-state index contributed by atoms with van der Waals surface area (Å²) in [5, 5.41) is 8.51. The first-order valence-electron chi connectivity index (χ1n) is 11.4. The van der Waals surface area contributed by atoms with Gasteiger partial charge in [-0.1, -0.05) is 30.3 Å². The molecule has 37 heavy (non-hydrogen) atoms. The number of nitrogens with zero attached hydrogens (tertiary/aromatic N) is 3. The van der Waals surface area contributed by atoms with E-state index in [9.17, 15) is 32.3 Å². The third-order valence-electron chi connectivity index (χ3n) is 6.32. The Morgan fingerprint density at radius 1 is 1.11 bits per heavy atom. The topological polar surface area (TPSA) is 113 Å². The fourth-order valence-corrected chi connectivity index (χ4v) is 4.57. The molecule has 2 aromatic carbocycles. The van der Waals surface area contributed by atoms with E-state index in [0.29, 0.717) is 21.4 Å². The van der Waals surface area contributed by atoms with Gasteiger partial charge >= 0.3 is 6.18 Å². The van der Waals surface area contributed by atoms with Crippen LogP contribution in [0.15, 0.2) is 54.7 Å². The Kier molecular flexibility index (Phi) is 6.02. The Morgan fingerprint density at radius 2 is 1.86 bits per heavy atom. The third kappa shape index (κ3) is 4.57. The van der Waals surface area contributed by atoms with E-state index in [1.165, 1.54) is 17.0 Å². The molecule has 190 valence electrons. The quantitative estimate of drug-likeness (QED) is 0.512. The van der Waals surface area contributed by atoms with Crippen molar-refractivity contribution in [2.45, 2.75) is 38.1 Å². The largest absolute Gasteiger partial charge is 0.434 e. The van der Waals surface area contributed by atoms with Gasteiger partial charge in [0, 0.05) is 25.1 Å². The van der Waals surface area contributed by atoms with Crippen LogP contribution in [0.3, 0.4) is 0 Å². The zero-order valence-electron chi connectivity index (χ0n) is 19.2. The molecule has 0 aliphatic carbocycles. The molecule has 0 radical (unpaired) electrons. The maximum Gasteiger partial charge on any atom is 0.434 e. The van der Waals surface area contributed by atoms with Gasteiger partial charge in [0.15, 0.2) is 5.69 Å². The number of nitrogens with one attached hydrogen (secondary N) is 2. The van der Waals surface area contributed by atoms with E-state index in [1.807, 2.05) is 0 Å². The van der Waals surface area contributed by atoms with Gasteiger partial charge in [-0.2, -0.15) is 18.3 Å². The molecule has 12 heteroatoms. The molecule has 0 bridgehead atoms. The predicted molar refractivity (Wildman–Crippen MR) is 122 cm³/mol. The summed E-state index contributed by atoms with van der Waals surface area (Å²) >= 11 is 0. The van der Waals surface area contributed by atoms with Crippen molar-refractivity contribution in [2.75, 3.05) is 0 Å². The molecule has 4 amide bonds. The van der Waals surface area contributed by atoms with Gasteiger partial charge < -0.3 is 10.2 Å². The molecule has 1 atom stereocenters. The number of fused-ring (bicyclic) bond motifs is 1. The summed E-state index contributed by atoms with van der Waals surface area (Å²) in [4.78, 5) is 50.6. The van der Waals surface area contributed by atoms with Gasteiger partial charge in [0.25, 0.3) is 11.8 Å². The summed E-state index contributed by atoms with van der Waals surface area (Å²) in [6.45, 7) is 0.0524. The number of halogens is 3. The van der Waals surface area contributed by atoms with Crippen molar-refractivity contribution in [2.24, 2.45) is 0 Å². The molecule has 9 nitrogen and oxygen atoms in total. The number of piperidine rings is 1. The Hall–Kier alpha value is -4.48.